The number of hydrogen-bond acceptors (Lipinski definition) is 4. The molecule has 1 aliphatic rings. The number of carboxylic acid groups (broad SMARTS) is 1. The van der Waals surface area contributed by atoms with Crippen LogP contribution >= 0.6 is 11.8 Å². The summed E-state index contributed by atoms with van der Waals surface area (Å²) < 4.78 is -0.249. The van der Waals surface area contributed by atoms with Crippen molar-refractivity contribution < 1.29 is 14.7 Å². The number of carboxylic acids is 1. The van der Waals surface area contributed by atoms with E-state index in [1.807, 2.05) is 24.3 Å². The first-order chi connectivity index (χ1) is 8.99. The summed E-state index contributed by atoms with van der Waals surface area (Å²) >= 11 is 1.58. The Morgan fingerprint density at radius 3 is 2.42 bits per heavy atom. The molecule has 1 aromatic carbocycles. The monoisotopic (exact) mass is 280 g/mol. The third-order valence-electron chi connectivity index (χ3n) is 2.88. The van der Waals surface area contributed by atoms with Crippen LogP contribution in [0.2, 0.25) is 0 Å². The van der Waals surface area contributed by atoms with Crippen LogP contribution in [0, 0.1) is 0 Å². The lowest BCUT2D eigenvalue weighted by atomic mass is 9.98. The Balaban J connectivity index is 2.02. The van der Waals surface area contributed by atoms with Crippen LogP contribution in [-0.2, 0) is 9.59 Å². The van der Waals surface area contributed by atoms with Gasteiger partial charge < -0.3 is 15.7 Å². The van der Waals surface area contributed by atoms with Gasteiger partial charge in [0.1, 0.15) is 0 Å². The van der Waals surface area contributed by atoms with E-state index < -0.39 is 5.97 Å². The minimum atomic E-state index is -0.774. The molecule has 2 rings (SSSR count). The summed E-state index contributed by atoms with van der Waals surface area (Å²) in [6.45, 7) is 2.87. The van der Waals surface area contributed by atoms with Crippen LogP contribution in [0.1, 0.15) is 13.3 Å². The van der Waals surface area contributed by atoms with Crippen molar-refractivity contribution in [2.45, 2.75) is 23.0 Å². The van der Waals surface area contributed by atoms with Gasteiger partial charge in [-0.1, -0.05) is 0 Å². The van der Waals surface area contributed by atoms with Gasteiger partial charge in [-0.15, -0.1) is 11.8 Å². The fourth-order valence-electron chi connectivity index (χ4n) is 1.97. The van der Waals surface area contributed by atoms with Crippen LogP contribution in [0.3, 0.4) is 0 Å². The number of carbonyl (C=O) groups excluding carboxylic acids is 1. The van der Waals surface area contributed by atoms with Gasteiger partial charge >= 0.3 is 5.97 Å². The number of anilines is 1. The summed E-state index contributed by atoms with van der Waals surface area (Å²) in [5.74, 6) is -0.880. The highest BCUT2D eigenvalue weighted by Crippen LogP contribution is 2.39. The Kier molecular flexibility index (Phi) is 4.11. The first-order valence-corrected chi connectivity index (χ1v) is 6.80. The van der Waals surface area contributed by atoms with Crippen LogP contribution in [0.4, 0.5) is 5.69 Å². The molecule has 19 heavy (non-hydrogen) atoms. The maximum Gasteiger partial charge on any atom is 0.304 e. The molecule has 0 unspecified atom stereocenters. The maximum atomic E-state index is 10.9. The molecular formula is C13H16N2O3S. The van der Waals surface area contributed by atoms with E-state index in [1.165, 1.54) is 6.92 Å². The van der Waals surface area contributed by atoms with E-state index in [9.17, 15) is 9.59 Å². The quantitative estimate of drug-likeness (QED) is 0.763. The van der Waals surface area contributed by atoms with Crippen molar-refractivity contribution in [3.05, 3.63) is 24.3 Å². The number of benzene rings is 1. The lowest BCUT2D eigenvalue weighted by molar-refractivity contribution is -0.138. The summed E-state index contributed by atoms with van der Waals surface area (Å²) in [6.07, 6.45) is 0.151. The zero-order valence-corrected chi connectivity index (χ0v) is 11.4. The number of rotatable bonds is 5. The van der Waals surface area contributed by atoms with Gasteiger partial charge in [0, 0.05) is 30.6 Å². The highest BCUT2D eigenvalue weighted by molar-refractivity contribution is 8.00. The predicted molar refractivity (Wildman–Crippen MR) is 74.5 cm³/mol. The van der Waals surface area contributed by atoms with Gasteiger partial charge in [0.2, 0.25) is 5.91 Å². The number of carbonyl (C=O) groups is 2. The molecule has 1 amide bonds. The molecule has 1 heterocycles. The first-order valence-electron chi connectivity index (χ1n) is 5.98. The van der Waals surface area contributed by atoms with Crippen molar-refractivity contribution in [1.29, 1.82) is 0 Å². The Bertz CT molecular complexity index is 483. The molecule has 1 saturated heterocycles. The largest absolute Gasteiger partial charge is 0.481 e. The second-order valence-corrected chi connectivity index (χ2v) is 6.21. The summed E-state index contributed by atoms with van der Waals surface area (Å²) in [7, 11) is 0. The van der Waals surface area contributed by atoms with E-state index in [-0.39, 0.29) is 17.1 Å². The number of nitrogens with one attached hydrogen (secondary N) is 2. The lowest BCUT2D eigenvalue weighted by Crippen LogP contribution is -2.57. The number of amides is 1. The van der Waals surface area contributed by atoms with E-state index in [0.29, 0.717) is 13.1 Å². The number of aliphatic carboxylic acids is 1. The minimum absolute atomic E-state index is 0.106. The predicted octanol–water partition coefficient (Wildman–Crippen LogP) is 1.55. The van der Waals surface area contributed by atoms with Gasteiger partial charge in [0.25, 0.3) is 0 Å². The molecule has 0 radical (unpaired) electrons. The molecule has 1 fully saturated rings. The van der Waals surface area contributed by atoms with Crippen LogP contribution in [0.15, 0.2) is 29.2 Å². The van der Waals surface area contributed by atoms with E-state index in [2.05, 4.69) is 10.6 Å². The Hall–Kier alpha value is -1.53. The second kappa shape index (κ2) is 5.63. The summed E-state index contributed by atoms with van der Waals surface area (Å²) in [4.78, 5) is 22.8. The zero-order chi connectivity index (χ0) is 13.9. The normalized spacial score (nSPS) is 16.5. The van der Waals surface area contributed by atoms with Crippen molar-refractivity contribution in [2.75, 3.05) is 18.4 Å². The van der Waals surface area contributed by atoms with Gasteiger partial charge in [-0.05, 0) is 24.3 Å². The van der Waals surface area contributed by atoms with Crippen LogP contribution in [-0.4, -0.2) is 34.8 Å². The third kappa shape index (κ3) is 3.71. The molecule has 0 aliphatic carbocycles. The van der Waals surface area contributed by atoms with Crippen molar-refractivity contribution >= 4 is 29.3 Å². The Morgan fingerprint density at radius 2 is 2.00 bits per heavy atom. The molecule has 0 saturated carbocycles. The van der Waals surface area contributed by atoms with Gasteiger partial charge in [0.05, 0.1) is 11.2 Å². The van der Waals surface area contributed by atoms with Crippen molar-refractivity contribution in [2.24, 2.45) is 0 Å². The topological polar surface area (TPSA) is 78.4 Å². The van der Waals surface area contributed by atoms with Crippen molar-refractivity contribution in [3.63, 3.8) is 0 Å². The molecule has 1 aromatic rings. The minimum Gasteiger partial charge on any atom is -0.481 e. The SMILES string of the molecule is CC(=O)Nc1ccc(SC2(CC(=O)O)CNC2)cc1. The summed E-state index contributed by atoms with van der Waals surface area (Å²) in [5, 5.41) is 14.8. The van der Waals surface area contributed by atoms with Crippen molar-refractivity contribution in [3.8, 4) is 0 Å². The smallest absolute Gasteiger partial charge is 0.304 e. The molecule has 0 spiro atoms. The lowest BCUT2D eigenvalue weighted by Gasteiger charge is -2.40. The summed E-state index contributed by atoms with van der Waals surface area (Å²) in [5.41, 5.74) is 0.746. The molecule has 0 bridgehead atoms. The first kappa shape index (κ1) is 13.9. The standard InChI is InChI=1S/C13H16N2O3S/c1-9(16)15-10-2-4-11(5-3-10)19-13(6-12(17)18)7-14-8-13/h2-5,14H,6-8H2,1H3,(H,15,16)(H,17,18). The Labute approximate surface area is 115 Å². The average Bonchev–Trinajstić information content (AvgIpc) is 2.27. The highest BCUT2D eigenvalue weighted by Gasteiger charge is 2.40. The highest BCUT2D eigenvalue weighted by atomic mass is 32.2. The van der Waals surface area contributed by atoms with E-state index in [4.69, 9.17) is 5.11 Å². The number of hydrogen-bond donors (Lipinski definition) is 3. The molecule has 0 aromatic heterocycles. The molecular weight excluding hydrogens is 264 g/mol. The van der Waals surface area contributed by atoms with Crippen LogP contribution in [0.5, 0.6) is 0 Å². The van der Waals surface area contributed by atoms with Gasteiger partial charge in [0.15, 0.2) is 0 Å². The summed E-state index contributed by atoms with van der Waals surface area (Å²) in [6, 6.07) is 7.45. The van der Waals surface area contributed by atoms with Crippen LogP contribution < -0.4 is 10.6 Å². The third-order valence-corrected chi connectivity index (χ3v) is 4.25. The van der Waals surface area contributed by atoms with Gasteiger partial charge in [-0.3, -0.25) is 9.59 Å². The fraction of sp³-hybridized carbons (Fsp3) is 0.385. The molecule has 1 aliphatic heterocycles. The molecule has 6 heteroatoms. The average molecular weight is 280 g/mol. The molecule has 3 N–H and O–H groups in total. The molecule has 0 atom stereocenters. The molecule has 102 valence electrons. The van der Waals surface area contributed by atoms with E-state index >= 15 is 0 Å². The van der Waals surface area contributed by atoms with E-state index in [0.717, 1.165) is 10.6 Å². The second-order valence-electron chi connectivity index (χ2n) is 4.66. The van der Waals surface area contributed by atoms with Gasteiger partial charge in [-0.25, -0.2) is 0 Å². The fourth-order valence-corrected chi connectivity index (χ4v) is 3.29. The Morgan fingerprint density at radius 1 is 1.37 bits per heavy atom. The number of thioether (sulfide) groups is 1. The van der Waals surface area contributed by atoms with E-state index in [1.54, 1.807) is 11.8 Å². The molecule has 5 nitrogen and oxygen atoms in total. The maximum absolute atomic E-state index is 10.9. The van der Waals surface area contributed by atoms with Crippen LogP contribution in [0.25, 0.3) is 0 Å². The van der Waals surface area contributed by atoms with Gasteiger partial charge in [-0.2, -0.15) is 0 Å². The van der Waals surface area contributed by atoms with Crippen molar-refractivity contribution in [1.82, 2.24) is 5.32 Å². The zero-order valence-electron chi connectivity index (χ0n) is 10.6.